The van der Waals surface area contributed by atoms with Gasteiger partial charge in [-0.15, -0.1) is 0 Å². The molecule has 0 radical (unpaired) electrons. The predicted molar refractivity (Wildman–Crippen MR) is 95.1 cm³/mol. The van der Waals surface area contributed by atoms with E-state index in [0.29, 0.717) is 25.0 Å². The number of nitrogens with one attached hydrogen (secondary N) is 2. The fourth-order valence-electron chi connectivity index (χ4n) is 2.17. The standard InChI is InChI=1S/C16H20ClF3N2O5S/c1-3-4-5-12(15(24)27-2)22-14(23)9-21-28(25,26)13-8-10(16(18,19)20)6-7-11(13)17/h6-8,12,21H,3-5,9H2,1-2H3,(H,22,23). The molecule has 7 nitrogen and oxygen atoms in total. The maximum absolute atomic E-state index is 12.8. The van der Waals surface area contributed by atoms with E-state index in [4.69, 9.17) is 11.6 Å². The number of halogens is 4. The molecule has 0 aliphatic rings. The number of unbranched alkanes of at least 4 members (excludes halogenated alkanes) is 1. The summed E-state index contributed by atoms with van der Waals surface area (Å²) in [5.74, 6) is -1.54. The molecule has 1 amide bonds. The van der Waals surface area contributed by atoms with Gasteiger partial charge in [-0.2, -0.15) is 13.2 Å². The highest BCUT2D eigenvalue weighted by atomic mass is 35.5. The quantitative estimate of drug-likeness (QED) is 0.570. The van der Waals surface area contributed by atoms with Crippen molar-refractivity contribution in [2.45, 2.75) is 43.3 Å². The van der Waals surface area contributed by atoms with Crippen LogP contribution in [0.1, 0.15) is 31.7 Å². The zero-order valence-electron chi connectivity index (χ0n) is 15.1. The lowest BCUT2D eigenvalue weighted by Crippen LogP contribution is -2.46. The number of benzene rings is 1. The van der Waals surface area contributed by atoms with Gasteiger partial charge in [0.25, 0.3) is 0 Å². The molecule has 28 heavy (non-hydrogen) atoms. The van der Waals surface area contributed by atoms with Crippen molar-refractivity contribution < 1.29 is 35.9 Å². The third kappa shape index (κ3) is 6.95. The van der Waals surface area contributed by atoms with Gasteiger partial charge in [0.15, 0.2) is 0 Å². The van der Waals surface area contributed by atoms with Crippen LogP contribution in [0, 0.1) is 0 Å². The van der Waals surface area contributed by atoms with Crippen LogP contribution in [-0.4, -0.2) is 40.0 Å². The number of methoxy groups -OCH3 is 1. The molecule has 12 heteroatoms. The zero-order valence-corrected chi connectivity index (χ0v) is 16.7. The van der Waals surface area contributed by atoms with E-state index in [1.54, 1.807) is 0 Å². The van der Waals surface area contributed by atoms with Crippen molar-refractivity contribution in [3.8, 4) is 0 Å². The van der Waals surface area contributed by atoms with E-state index >= 15 is 0 Å². The van der Waals surface area contributed by atoms with Gasteiger partial charge in [0.1, 0.15) is 10.9 Å². The van der Waals surface area contributed by atoms with Crippen LogP contribution in [0.4, 0.5) is 13.2 Å². The van der Waals surface area contributed by atoms with Crippen LogP contribution in [0.3, 0.4) is 0 Å². The summed E-state index contributed by atoms with van der Waals surface area (Å²) in [7, 11) is -3.36. The Morgan fingerprint density at radius 1 is 1.29 bits per heavy atom. The van der Waals surface area contributed by atoms with E-state index in [1.165, 1.54) is 0 Å². The number of sulfonamides is 1. The zero-order chi connectivity index (χ0) is 21.5. The van der Waals surface area contributed by atoms with Crippen LogP contribution in [0.5, 0.6) is 0 Å². The fraction of sp³-hybridized carbons (Fsp3) is 0.500. The van der Waals surface area contributed by atoms with E-state index in [9.17, 15) is 31.2 Å². The second-order valence-electron chi connectivity index (χ2n) is 5.75. The molecule has 0 saturated carbocycles. The average molecular weight is 445 g/mol. The Morgan fingerprint density at radius 2 is 1.93 bits per heavy atom. The van der Waals surface area contributed by atoms with Crippen molar-refractivity contribution in [2.75, 3.05) is 13.7 Å². The number of ether oxygens (including phenoxy) is 1. The maximum Gasteiger partial charge on any atom is 0.416 e. The van der Waals surface area contributed by atoms with Crippen molar-refractivity contribution in [3.05, 3.63) is 28.8 Å². The van der Waals surface area contributed by atoms with Crippen LogP contribution in [0.15, 0.2) is 23.1 Å². The summed E-state index contributed by atoms with van der Waals surface area (Å²) >= 11 is 5.70. The third-order valence-electron chi connectivity index (χ3n) is 3.64. The molecule has 0 heterocycles. The van der Waals surface area contributed by atoms with Crippen molar-refractivity contribution in [1.29, 1.82) is 0 Å². The minimum Gasteiger partial charge on any atom is -0.467 e. The molecule has 0 aromatic heterocycles. The van der Waals surface area contributed by atoms with E-state index in [0.717, 1.165) is 19.6 Å². The Hall–Kier alpha value is -1.85. The highest BCUT2D eigenvalue weighted by molar-refractivity contribution is 7.89. The molecular formula is C16H20ClF3N2O5S. The van der Waals surface area contributed by atoms with Crippen molar-refractivity contribution in [3.63, 3.8) is 0 Å². The van der Waals surface area contributed by atoms with Gasteiger partial charge >= 0.3 is 12.1 Å². The molecular weight excluding hydrogens is 425 g/mol. The second kappa shape index (κ2) is 10.1. The Bertz CT molecular complexity index is 815. The van der Waals surface area contributed by atoms with Gasteiger partial charge < -0.3 is 10.1 Å². The summed E-state index contributed by atoms with van der Waals surface area (Å²) < 4.78 is 69.3. The molecule has 1 aromatic rings. The summed E-state index contributed by atoms with van der Waals surface area (Å²) in [6.07, 6.45) is -3.10. The molecule has 158 valence electrons. The number of carbonyl (C=O) groups excluding carboxylic acids is 2. The molecule has 0 aliphatic carbocycles. The van der Waals surface area contributed by atoms with Crippen molar-refractivity contribution in [2.24, 2.45) is 0 Å². The molecule has 1 rings (SSSR count). The topological polar surface area (TPSA) is 102 Å². The molecule has 0 saturated heterocycles. The lowest BCUT2D eigenvalue weighted by molar-refractivity contribution is -0.145. The lowest BCUT2D eigenvalue weighted by Gasteiger charge is -2.16. The van der Waals surface area contributed by atoms with Crippen LogP contribution in [0.25, 0.3) is 0 Å². The highest BCUT2D eigenvalue weighted by Crippen LogP contribution is 2.33. The van der Waals surface area contributed by atoms with Crippen molar-refractivity contribution >= 4 is 33.5 Å². The van der Waals surface area contributed by atoms with Gasteiger partial charge in [-0.3, -0.25) is 4.79 Å². The Balaban J connectivity index is 2.88. The first-order valence-corrected chi connectivity index (χ1v) is 10.0. The smallest absolute Gasteiger partial charge is 0.416 e. The van der Waals surface area contributed by atoms with Gasteiger partial charge in [-0.1, -0.05) is 31.4 Å². The van der Waals surface area contributed by atoms with Gasteiger partial charge in [0.05, 0.1) is 24.2 Å². The number of hydrogen-bond donors (Lipinski definition) is 2. The maximum atomic E-state index is 12.8. The first-order valence-electron chi connectivity index (χ1n) is 8.16. The molecule has 0 bridgehead atoms. The fourth-order valence-corrected chi connectivity index (χ4v) is 3.67. The highest BCUT2D eigenvalue weighted by Gasteiger charge is 2.33. The van der Waals surface area contributed by atoms with Crippen LogP contribution < -0.4 is 10.0 Å². The number of esters is 1. The SMILES string of the molecule is CCCCC(NC(=O)CNS(=O)(=O)c1cc(C(F)(F)F)ccc1Cl)C(=O)OC. The molecule has 2 N–H and O–H groups in total. The van der Waals surface area contributed by atoms with Crippen LogP contribution in [-0.2, 0) is 30.5 Å². The van der Waals surface area contributed by atoms with Crippen molar-refractivity contribution in [1.82, 2.24) is 10.0 Å². The monoisotopic (exact) mass is 444 g/mol. The molecule has 1 atom stereocenters. The first-order chi connectivity index (χ1) is 12.9. The average Bonchev–Trinajstić information content (AvgIpc) is 2.62. The Kier molecular flexibility index (Phi) is 8.71. The van der Waals surface area contributed by atoms with Gasteiger partial charge in [-0.25, -0.2) is 17.9 Å². The summed E-state index contributed by atoms with van der Waals surface area (Å²) in [5.41, 5.74) is -1.20. The molecule has 1 aromatic carbocycles. The molecule has 0 fully saturated rings. The summed E-state index contributed by atoms with van der Waals surface area (Å²) in [5, 5.41) is 1.89. The van der Waals surface area contributed by atoms with E-state index in [2.05, 4.69) is 10.1 Å². The van der Waals surface area contributed by atoms with Gasteiger partial charge in [0.2, 0.25) is 15.9 Å². The summed E-state index contributed by atoms with van der Waals surface area (Å²) in [4.78, 5) is 22.8. The minimum absolute atomic E-state index is 0.293. The summed E-state index contributed by atoms with van der Waals surface area (Å²) in [6.45, 7) is 1.08. The van der Waals surface area contributed by atoms with E-state index < -0.39 is 56.1 Å². The van der Waals surface area contributed by atoms with Gasteiger partial charge in [-0.05, 0) is 24.6 Å². The number of rotatable bonds is 9. The summed E-state index contributed by atoms with van der Waals surface area (Å²) in [6, 6.07) is 0.861. The van der Waals surface area contributed by atoms with Gasteiger partial charge in [0, 0.05) is 0 Å². The Morgan fingerprint density at radius 3 is 2.46 bits per heavy atom. The number of hydrogen-bond acceptors (Lipinski definition) is 5. The van der Waals surface area contributed by atoms with E-state index in [-0.39, 0.29) is 0 Å². The number of carbonyl (C=O) groups is 2. The van der Waals surface area contributed by atoms with Crippen LogP contribution >= 0.6 is 11.6 Å². The predicted octanol–water partition coefficient (Wildman–Crippen LogP) is 2.49. The molecule has 0 spiro atoms. The second-order valence-corrected chi connectivity index (χ2v) is 7.90. The van der Waals surface area contributed by atoms with Crippen LogP contribution in [0.2, 0.25) is 5.02 Å². The minimum atomic E-state index is -4.76. The number of amides is 1. The number of alkyl halides is 3. The first kappa shape index (κ1) is 24.2. The third-order valence-corrected chi connectivity index (χ3v) is 5.52. The van der Waals surface area contributed by atoms with E-state index in [1.807, 2.05) is 11.6 Å². The molecule has 0 aliphatic heterocycles. The molecule has 1 unspecified atom stereocenters. The largest absolute Gasteiger partial charge is 0.467 e. The Labute approximate surface area is 165 Å². The normalized spacial score (nSPS) is 13.1. The lowest BCUT2D eigenvalue weighted by atomic mass is 10.1.